The fraction of sp³-hybridized carbons (Fsp3) is 0.583. The van der Waals surface area contributed by atoms with E-state index in [9.17, 15) is 4.79 Å². The van der Waals surface area contributed by atoms with Crippen LogP contribution in [0.4, 0.5) is 4.79 Å². The second-order valence-electron chi connectivity index (χ2n) is 4.77. The molecule has 0 fully saturated rings. The number of carbonyl (C=O) groups is 1. The first-order valence-corrected chi connectivity index (χ1v) is 6.48. The molecule has 0 saturated carbocycles. The monoisotopic (exact) mass is 256 g/mol. The molecule has 5 heteroatoms. The van der Waals surface area contributed by atoms with E-state index < -0.39 is 5.60 Å². The highest BCUT2D eigenvalue weighted by molar-refractivity contribution is 7.10. The third-order valence-corrected chi connectivity index (χ3v) is 2.97. The molecule has 17 heavy (non-hydrogen) atoms. The summed E-state index contributed by atoms with van der Waals surface area (Å²) < 4.78 is 5.24. The van der Waals surface area contributed by atoms with Crippen LogP contribution in [0.2, 0.25) is 0 Å². The van der Waals surface area contributed by atoms with Crippen molar-refractivity contribution in [2.24, 2.45) is 0 Å². The molecule has 0 radical (unpaired) electrons. The number of hydrogen-bond donors (Lipinski definition) is 2. The van der Waals surface area contributed by atoms with E-state index in [-0.39, 0.29) is 12.1 Å². The first-order chi connectivity index (χ1) is 7.92. The largest absolute Gasteiger partial charge is 0.444 e. The van der Waals surface area contributed by atoms with Crippen LogP contribution < -0.4 is 10.6 Å². The van der Waals surface area contributed by atoms with Crippen LogP contribution in [0.25, 0.3) is 0 Å². The maximum absolute atomic E-state index is 11.7. The molecule has 0 saturated heterocycles. The van der Waals surface area contributed by atoms with E-state index in [1.165, 1.54) is 0 Å². The number of alkyl carbamates (subject to hydrolysis) is 1. The molecular formula is C12H20N2O2S. The van der Waals surface area contributed by atoms with Gasteiger partial charge < -0.3 is 15.4 Å². The molecule has 1 aromatic rings. The van der Waals surface area contributed by atoms with E-state index in [1.807, 2.05) is 45.3 Å². The molecule has 1 heterocycles. The first kappa shape index (κ1) is 14.0. The van der Waals surface area contributed by atoms with E-state index >= 15 is 0 Å². The van der Waals surface area contributed by atoms with E-state index in [0.717, 1.165) is 4.88 Å². The topological polar surface area (TPSA) is 50.4 Å². The van der Waals surface area contributed by atoms with Crippen molar-refractivity contribution in [3.8, 4) is 0 Å². The lowest BCUT2D eigenvalue weighted by atomic mass is 10.2. The normalized spacial score (nSPS) is 13.2. The Bertz CT molecular complexity index is 344. The van der Waals surface area contributed by atoms with Crippen LogP contribution in [0.3, 0.4) is 0 Å². The van der Waals surface area contributed by atoms with Crippen molar-refractivity contribution in [1.82, 2.24) is 10.6 Å². The van der Waals surface area contributed by atoms with Gasteiger partial charge in [0.15, 0.2) is 0 Å². The highest BCUT2D eigenvalue weighted by atomic mass is 32.1. The average Bonchev–Trinajstić information content (AvgIpc) is 2.66. The molecule has 1 unspecified atom stereocenters. The zero-order valence-electron chi connectivity index (χ0n) is 10.7. The van der Waals surface area contributed by atoms with E-state index in [0.29, 0.717) is 6.54 Å². The molecule has 1 aromatic heterocycles. The third kappa shape index (κ3) is 5.19. The van der Waals surface area contributed by atoms with Gasteiger partial charge in [-0.3, -0.25) is 0 Å². The van der Waals surface area contributed by atoms with Crippen LogP contribution in [0.15, 0.2) is 17.5 Å². The quantitative estimate of drug-likeness (QED) is 0.870. The van der Waals surface area contributed by atoms with Crippen LogP contribution in [-0.4, -0.2) is 25.3 Å². The van der Waals surface area contributed by atoms with Gasteiger partial charge in [-0.15, -0.1) is 11.3 Å². The summed E-state index contributed by atoms with van der Waals surface area (Å²) in [4.78, 5) is 12.8. The maximum atomic E-state index is 11.7. The van der Waals surface area contributed by atoms with Gasteiger partial charge in [-0.25, -0.2) is 4.79 Å². The van der Waals surface area contributed by atoms with Crippen LogP contribution >= 0.6 is 11.3 Å². The average molecular weight is 256 g/mol. The number of nitrogens with one attached hydrogen (secondary N) is 2. The van der Waals surface area contributed by atoms with Crippen molar-refractivity contribution in [1.29, 1.82) is 0 Å². The predicted molar refractivity (Wildman–Crippen MR) is 70.4 cm³/mol. The van der Waals surface area contributed by atoms with Gasteiger partial charge >= 0.3 is 6.09 Å². The smallest absolute Gasteiger partial charge is 0.408 e. The lowest BCUT2D eigenvalue weighted by Crippen LogP contribution is -2.38. The Morgan fingerprint density at radius 2 is 2.24 bits per heavy atom. The van der Waals surface area contributed by atoms with Crippen LogP contribution in [-0.2, 0) is 4.74 Å². The van der Waals surface area contributed by atoms with Crippen molar-refractivity contribution in [2.75, 3.05) is 13.6 Å². The SMILES string of the molecule is CNCC(NC(=O)OC(C)(C)C)c1cccs1. The van der Waals surface area contributed by atoms with Crippen LogP contribution in [0.5, 0.6) is 0 Å². The minimum absolute atomic E-state index is 0.0464. The summed E-state index contributed by atoms with van der Waals surface area (Å²) in [6, 6.07) is 3.93. The maximum Gasteiger partial charge on any atom is 0.408 e. The molecule has 2 N–H and O–H groups in total. The van der Waals surface area contributed by atoms with Gasteiger partial charge in [0.2, 0.25) is 0 Å². The van der Waals surface area contributed by atoms with Crippen molar-refractivity contribution < 1.29 is 9.53 Å². The van der Waals surface area contributed by atoms with Crippen molar-refractivity contribution in [3.05, 3.63) is 22.4 Å². The number of thiophene rings is 1. The zero-order chi connectivity index (χ0) is 12.9. The second-order valence-corrected chi connectivity index (χ2v) is 5.75. The molecule has 0 bridgehead atoms. The third-order valence-electron chi connectivity index (χ3n) is 1.99. The Hall–Kier alpha value is -1.07. The fourth-order valence-electron chi connectivity index (χ4n) is 1.37. The van der Waals surface area contributed by atoms with Crippen LogP contribution in [0.1, 0.15) is 31.7 Å². The number of likely N-dealkylation sites (N-methyl/N-ethyl adjacent to an activating group) is 1. The molecule has 1 amide bonds. The number of hydrogen-bond acceptors (Lipinski definition) is 4. The lowest BCUT2D eigenvalue weighted by Gasteiger charge is -2.23. The summed E-state index contributed by atoms with van der Waals surface area (Å²) in [7, 11) is 1.86. The van der Waals surface area contributed by atoms with E-state index in [4.69, 9.17) is 4.74 Å². The zero-order valence-corrected chi connectivity index (χ0v) is 11.6. The Labute approximate surface area is 106 Å². The Balaban J connectivity index is 2.59. The fourth-order valence-corrected chi connectivity index (χ4v) is 2.14. The van der Waals surface area contributed by atoms with Crippen molar-refractivity contribution in [3.63, 3.8) is 0 Å². The number of carbonyl (C=O) groups excluding carboxylic acids is 1. The second kappa shape index (κ2) is 6.02. The predicted octanol–water partition coefficient (Wildman–Crippen LogP) is 2.53. The summed E-state index contributed by atoms with van der Waals surface area (Å²) in [5.74, 6) is 0. The van der Waals surface area contributed by atoms with Gasteiger partial charge in [0, 0.05) is 11.4 Å². The Kier molecular flexibility index (Phi) is 4.96. The first-order valence-electron chi connectivity index (χ1n) is 5.60. The molecule has 96 valence electrons. The molecule has 0 aliphatic heterocycles. The van der Waals surface area contributed by atoms with Gasteiger partial charge in [-0.2, -0.15) is 0 Å². The lowest BCUT2D eigenvalue weighted by molar-refractivity contribution is 0.0504. The van der Waals surface area contributed by atoms with Crippen molar-refractivity contribution in [2.45, 2.75) is 32.4 Å². The Morgan fingerprint density at radius 1 is 1.53 bits per heavy atom. The minimum atomic E-state index is -0.469. The standard InChI is InChI=1S/C12H20N2O2S/c1-12(2,3)16-11(15)14-9(8-13-4)10-6-5-7-17-10/h5-7,9,13H,8H2,1-4H3,(H,14,15). The summed E-state index contributed by atoms with van der Waals surface area (Å²) in [5.41, 5.74) is -0.469. The summed E-state index contributed by atoms with van der Waals surface area (Å²) >= 11 is 1.62. The molecule has 0 spiro atoms. The van der Waals surface area contributed by atoms with E-state index in [1.54, 1.807) is 11.3 Å². The molecule has 1 rings (SSSR count). The van der Waals surface area contributed by atoms with Gasteiger partial charge in [0.05, 0.1) is 6.04 Å². The molecule has 1 atom stereocenters. The number of amides is 1. The number of ether oxygens (including phenoxy) is 1. The molecule has 0 aliphatic carbocycles. The van der Waals surface area contributed by atoms with Gasteiger partial charge in [0.1, 0.15) is 5.60 Å². The van der Waals surface area contributed by atoms with E-state index in [2.05, 4.69) is 10.6 Å². The molecule has 0 aromatic carbocycles. The molecule has 4 nitrogen and oxygen atoms in total. The van der Waals surface area contributed by atoms with Crippen LogP contribution in [0, 0.1) is 0 Å². The highest BCUT2D eigenvalue weighted by Gasteiger charge is 2.20. The van der Waals surface area contributed by atoms with Gasteiger partial charge in [0.25, 0.3) is 0 Å². The summed E-state index contributed by atoms with van der Waals surface area (Å²) in [6.45, 7) is 6.24. The molecular weight excluding hydrogens is 236 g/mol. The highest BCUT2D eigenvalue weighted by Crippen LogP contribution is 2.19. The summed E-state index contributed by atoms with van der Waals surface area (Å²) in [6.07, 6.45) is -0.383. The number of rotatable bonds is 4. The Morgan fingerprint density at radius 3 is 2.71 bits per heavy atom. The molecule has 0 aliphatic rings. The van der Waals surface area contributed by atoms with Gasteiger partial charge in [-0.1, -0.05) is 6.07 Å². The van der Waals surface area contributed by atoms with Crippen molar-refractivity contribution >= 4 is 17.4 Å². The minimum Gasteiger partial charge on any atom is -0.444 e. The van der Waals surface area contributed by atoms with Gasteiger partial charge in [-0.05, 0) is 39.3 Å². The summed E-state index contributed by atoms with van der Waals surface area (Å²) in [5, 5.41) is 7.92.